The topological polar surface area (TPSA) is 48.9 Å². The molecule has 0 aromatic heterocycles. The Morgan fingerprint density at radius 1 is 1.22 bits per heavy atom. The van der Waals surface area contributed by atoms with E-state index in [0.717, 1.165) is 44.3 Å². The number of guanidine groups is 1. The maximum Gasteiger partial charge on any atom is 0.191 e. The van der Waals surface area contributed by atoms with Gasteiger partial charge in [-0.1, -0.05) is 26.0 Å². The lowest BCUT2D eigenvalue weighted by molar-refractivity contribution is 0.218. The minimum absolute atomic E-state index is 0. The van der Waals surface area contributed by atoms with Gasteiger partial charge < -0.3 is 15.4 Å². The zero-order valence-corrected chi connectivity index (χ0v) is 20.6. The molecule has 0 saturated heterocycles. The number of nitrogens with zero attached hydrogens (tertiary/aromatic N) is 2. The largest absolute Gasteiger partial charge is 0.497 e. The van der Waals surface area contributed by atoms with Gasteiger partial charge in [0.05, 0.1) is 13.2 Å². The summed E-state index contributed by atoms with van der Waals surface area (Å²) < 4.78 is 5.41. The van der Waals surface area contributed by atoms with E-state index >= 15 is 0 Å². The first-order chi connectivity index (χ1) is 12.7. The SMILES string of the molecule is CCN(CC)C(CNC(=NC)NCCCCSC)c1cccc(OC)c1.I. The number of aliphatic imine (C=N–C) groups is 1. The number of rotatable bonds is 12. The Balaban J connectivity index is 0.00000676. The van der Waals surface area contributed by atoms with Gasteiger partial charge in [-0.2, -0.15) is 11.8 Å². The van der Waals surface area contributed by atoms with E-state index in [2.05, 4.69) is 58.8 Å². The van der Waals surface area contributed by atoms with E-state index in [1.165, 1.54) is 17.7 Å². The van der Waals surface area contributed by atoms with Crippen LogP contribution in [0.5, 0.6) is 5.75 Å². The molecule has 0 radical (unpaired) electrons. The van der Waals surface area contributed by atoms with E-state index in [0.29, 0.717) is 0 Å². The van der Waals surface area contributed by atoms with Crippen molar-refractivity contribution in [2.75, 3.05) is 52.3 Å². The number of likely N-dealkylation sites (N-methyl/N-ethyl adjacent to an activating group) is 1. The normalized spacial score (nSPS) is 12.4. The molecule has 5 nitrogen and oxygen atoms in total. The fraction of sp³-hybridized carbons (Fsp3) is 0.650. The van der Waals surface area contributed by atoms with Gasteiger partial charge in [-0.3, -0.25) is 9.89 Å². The molecule has 0 aliphatic carbocycles. The Labute approximate surface area is 187 Å². The number of ether oxygens (including phenoxy) is 1. The van der Waals surface area contributed by atoms with Crippen molar-refractivity contribution in [3.8, 4) is 5.75 Å². The molecule has 0 heterocycles. The third-order valence-electron chi connectivity index (χ3n) is 4.49. The molecule has 1 aromatic carbocycles. The van der Waals surface area contributed by atoms with Crippen LogP contribution in [0.3, 0.4) is 0 Å². The fourth-order valence-corrected chi connectivity index (χ4v) is 3.46. The average molecular weight is 509 g/mol. The molecule has 7 heteroatoms. The number of nitrogens with one attached hydrogen (secondary N) is 2. The molecule has 27 heavy (non-hydrogen) atoms. The monoisotopic (exact) mass is 508 g/mol. The molecule has 0 amide bonds. The third-order valence-corrected chi connectivity index (χ3v) is 5.18. The van der Waals surface area contributed by atoms with Gasteiger partial charge in [0.2, 0.25) is 0 Å². The van der Waals surface area contributed by atoms with Gasteiger partial charge in [-0.15, -0.1) is 24.0 Å². The number of hydrogen-bond donors (Lipinski definition) is 2. The zero-order valence-electron chi connectivity index (χ0n) is 17.5. The second kappa shape index (κ2) is 16.3. The molecule has 0 aliphatic heterocycles. The summed E-state index contributed by atoms with van der Waals surface area (Å²) in [6, 6.07) is 8.62. The number of benzene rings is 1. The van der Waals surface area contributed by atoms with E-state index in [1.54, 1.807) is 7.11 Å². The molecule has 0 bridgehead atoms. The Hall–Kier alpha value is -0.670. The van der Waals surface area contributed by atoms with Crippen molar-refractivity contribution >= 4 is 41.7 Å². The summed E-state index contributed by atoms with van der Waals surface area (Å²) in [7, 11) is 3.54. The smallest absolute Gasteiger partial charge is 0.191 e. The highest BCUT2D eigenvalue weighted by Crippen LogP contribution is 2.23. The van der Waals surface area contributed by atoms with Gasteiger partial charge in [-0.05, 0) is 55.6 Å². The van der Waals surface area contributed by atoms with Crippen LogP contribution >= 0.6 is 35.7 Å². The first-order valence-electron chi connectivity index (χ1n) is 9.51. The zero-order chi connectivity index (χ0) is 19.2. The molecule has 2 N–H and O–H groups in total. The number of hydrogen-bond acceptors (Lipinski definition) is 4. The Morgan fingerprint density at radius 2 is 1.96 bits per heavy atom. The Bertz CT molecular complexity index is 526. The van der Waals surface area contributed by atoms with Crippen molar-refractivity contribution in [3.05, 3.63) is 29.8 Å². The molecule has 0 aliphatic rings. The molecular formula is C20H37IN4OS. The molecule has 1 rings (SSSR count). The van der Waals surface area contributed by atoms with E-state index in [9.17, 15) is 0 Å². The molecule has 0 spiro atoms. The molecule has 1 aromatic rings. The molecule has 156 valence electrons. The summed E-state index contributed by atoms with van der Waals surface area (Å²) in [5.41, 5.74) is 1.26. The molecule has 1 atom stereocenters. The Morgan fingerprint density at radius 3 is 2.56 bits per heavy atom. The van der Waals surface area contributed by atoms with Gasteiger partial charge in [0.15, 0.2) is 5.96 Å². The van der Waals surface area contributed by atoms with E-state index in [4.69, 9.17) is 4.74 Å². The lowest BCUT2D eigenvalue weighted by Crippen LogP contribution is -2.43. The van der Waals surface area contributed by atoms with Crippen molar-refractivity contribution in [2.45, 2.75) is 32.7 Å². The van der Waals surface area contributed by atoms with Crippen LogP contribution in [-0.2, 0) is 0 Å². The average Bonchev–Trinajstić information content (AvgIpc) is 2.69. The summed E-state index contributed by atoms with van der Waals surface area (Å²) in [4.78, 5) is 6.81. The van der Waals surface area contributed by atoms with E-state index in [-0.39, 0.29) is 30.0 Å². The number of unbranched alkanes of at least 4 members (excludes halogenated alkanes) is 1. The predicted octanol–water partition coefficient (Wildman–Crippen LogP) is 4.00. The molecule has 0 saturated carbocycles. The van der Waals surface area contributed by atoms with Crippen LogP contribution in [0.2, 0.25) is 0 Å². The highest BCUT2D eigenvalue weighted by Gasteiger charge is 2.19. The first kappa shape index (κ1) is 26.3. The standard InChI is InChI=1S/C20H36N4OS.HI/c1-6-24(7-2)19(17-11-10-12-18(15-17)25-4)16-23-20(21-3)22-13-8-9-14-26-5;/h10-12,15,19H,6-9,13-14,16H2,1-5H3,(H2,21,22,23);1H. The van der Waals surface area contributed by atoms with Crippen LogP contribution < -0.4 is 15.4 Å². The van der Waals surface area contributed by atoms with Gasteiger partial charge in [0.1, 0.15) is 5.75 Å². The predicted molar refractivity (Wildman–Crippen MR) is 131 cm³/mol. The van der Waals surface area contributed by atoms with Crippen LogP contribution in [0, 0.1) is 0 Å². The van der Waals surface area contributed by atoms with E-state index < -0.39 is 0 Å². The minimum Gasteiger partial charge on any atom is -0.497 e. The number of thioether (sulfide) groups is 1. The summed E-state index contributed by atoms with van der Waals surface area (Å²) in [6.45, 7) is 8.17. The highest BCUT2D eigenvalue weighted by molar-refractivity contribution is 14.0. The van der Waals surface area contributed by atoms with Crippen molar-refractivity contribution < 1.29 is 4.74 Å². The number of halogens is 1. The van der Waals surface area contributed by atoms with Crippen molar-refractivity contribution in [3.63, 3.8) is 0 Å². The summed E-state index contributed by atoms with van der Waals surface area (Å²) in [5.74, 6) is 2.98. The van der Waals surface area contributed by atoms with Crippen molar-refractivity contribution in [2.24, 2.45) is 4.99 Å². The van der Waals surface area contributed by atoms with Gasteiger partial charge in [-0.25, -0.2) is 0 Å². The van der Waals surface area contributed by atoms with Crippen molar-refractivity contribution in [1.82, 2.24) is 15.5 Å². The fourth-order valence-electron chi connectivity index (χ4n) is 2.96. The van der Waals surface area contributed by atoms with Gasteiger partial charge >= 0.3 is 0 Å². The maximum atomic E-state index is 5.41. The van der Waals surface area contributed by atoms with Gasteiger partial charge in [0.25, 0.3) is 0 Å². The Kier molecular flexibility index (Phi) is 15.9. The maximum absolute atomic E-state index is 5.41. The molecule has 1 unspecified atom stereocenters. The summed E-state index contributed by atoms with van der Waals surface area (Å²) in [5, 5.41) is 6.92. The second-order valence-electron chi connectivity index (χ2n) is 6.09. The van der Waals surface area contributed by atoms with Crippen LogP contribution in [0.15, 0.2) is 29.3 Å². The van der Waals surface area contributed by atoms with E-state index in [1.807, 2.05) is 24.9 Å². The third kappa shape index (κ3) is 9.89. The second-order valence-corrected chi connectivity index (χ2v) is 7.08. The van der Waals surface area contributed by atoms with Crippen LogP contribution in [-0.4, -0.2) is 63.2 Å². The molecular weight excluding hydrogens is 471 g/mol. The first-order valence-corrected chi connectivity index (χ1v) is 10.9. The number of methoxy groups -OCH3 is 1. The van der Waals surface area contributed by atoms with Crippen LogP contribution in [0.25, 0.3) is 0 Å². The minimum atomic E-state index is 0. The quantitative estimate of drug-likeness (QED) is 0.194. The van der Waals surface area contributed by atoms with Crippen LogP contribution in [0.4, 0.5) is 0 Å². The van der Waals surface area contributed by atoms with Crippen molar-refractivity contribution in [1.29, 1.82) is 0 Å². The summed E-state index contributed by atoms with van der Waals surface area (Å²) in [6.07, 6.45) is 4.55. The molecule has 0 fully saturated rings. The lowest BCUT2D eigenvalue weighted by Gasteiger charge is -2.31. The van der Waals surface area contributed by atoms with Crippen LogP contribution in [0.1, 0.15) is 38.3 Å². The summed E-state index contributed by atoms with van der Waals surface area (Å²) >= 11 is 1.90. The highest BCUT2D eigenvalue weighted by atomic mass is 127. The van der Waals surface area contributed by atoms with Gasteiger partial charge in [0, 0.05) is 20.1 Å². The lowest BCUT2D eigenvalue weighted by atomic mass is 10.0.